The molecule has 0 saturated carbocycles. The molecule has 0 fully saturated rings. The Kier molecular flexibility index (Phi) is 3.92. The molecule has 26 heavy (non-hydrogen) atoms. The van der Waals surface area contributed by atoms with Gasteiger partial charge in [0.1, 0.15) is 17.2 Å². The van der Waals surface area contributed by atoms with Crippen LogP contribution in [0.4, 0.5) is 5.69 Å². The molecular weight excluding hydrogens is 328 g/mol. The number of furan rings is 1. The van der Waals surface area contributed by atoms with E-state index < -0.39 is 5.66 Å². The average molecular weight is 348 g/mol. The van der Waals surface area contributed by atoms with Crippen LogP contribution in [0.25, 0.3) is 0 Å². The third kappa shape index (κ3) is 2.62. The number of benzene rings is 2. The summed E-state index contributed by atoms with van der Waals surface area (Å²) < 4.78 is 10.9. The van der Waals surface area contributed by atoms with E-state index in [1.807, 2.05) is 67.6 Å². The van der Waals surface area contributed by atoms with E-state index in [0.29, 0.717) is 12.1 Å². The van der Waals surface area contributed by atoms with Crippen LogP contribution in [0.2, 0.25) is 0 Å². The SMILES string of the molecule is COc1cccc(C2(C)Nc3ccccc3C(=O)N2Cc2ccco2)c1. The molecular formula is C21H20N2O3. The van der Waals surface area contributed by atoms with Gasteiger partial charge in [-0.3, -0.25) is 4.79 Å². The van der Waals surface area contributed by atoms with Crippen LogP contribution in [0.5, 0.6) is 5.75 Å². The van der Waals surface area contributed by atoms with Gasteiger partial charge in [-0.05, 0) is 43.3 Å². The number of para-hydroxylation sites is 1. The van der Waals surface area contributed by atoms with E-state index in [4.69, 9.17) is 9.15 Å². The largest absolute Gasteiger partial charge is 0.497 e. The first-order valence-electron chi connectivity index (χ1n) is 8.48. The summed E-state index contributed by atoms with van der Waals surface area (Å²) in [6, 6.07) is 19.0. The van der Waals surface area contributed by atoms with Crippen LogP contribution in [0, 0.1) is 0 Å². The Morgan fingerprint density at radius 3 is 2.73 bits per heavy atom. The molecule has 1 amide bonds. The maximum Gasteiger partial charge on any atom is 0.258 e. The summed E-state index contributed by atoms with van der Waals surface area (Å²) in [5.41, 5.74) is 1.66. The second-order valence-electron chi connectivity index (χ2n) is 6.45. The Balaban J connectivity index is 1.84. The highest BCUT2D eigenvalue weighted by Crippen LogP contribution is 2.39. The molecule has 5 heteroatoms. The van der Waals surface area contributed by atoms with Crippen molar-refractivity contribution in [3.8, 4) is 5.75 Å². The minimum atomic E-state index is -0.743. The third-order valence-corrected chi connectivity index (χ3v) is 4.85. The second kappa shape index (κ2) is 6.26. The fourth-order valence-corrected chi connectivity index (χ4v) is 3.40. The van der Waals surface area contributed by atoms with Crippen molar-refractivity contribution in [2.45, 2.75) is 19.1 Å². The highest BCUT2D eigenvalue weighted by atomic mass is 16.5. The van der Waals surface area contributed by atoms with Gasteiger partial charge in [0.05, 0.1) is 25.5 Å². The number of ether oxygens (including phenoxy) is 1. The molecule has 0 aliphatic carbocycles. The van der Waals surface area contributed by atoms with Gasteiger partial charge in [-0.2, -0.15) is 0 Å². The molecule has 1 atom stereocenters. The Morgan fingerprint density at radius 2 is 1.96 bits per heavy atom. The summed E-state index contributed by atoms with van der Waals surface area (Å²) in [6.07, 6.45) is 1.62. The van der Waals surface area contributed by atoms with Gasteiger partial charge in [-0.25, -0.2) is 0 Å². The van der Waals surface area contributed by atoms with Gasteiger partial charge in [0.25, 0.3) is 5.91 Å². The molecule has 2 aromatic carbocycles. The number of hydrogen-bond donors (Lipinski definition) is 1. The maximum atomic E-state index is 13.3. The lowest BCUT2D eigenvalue weighted by Crippen LogP contribution is -2.55. The number of anilines is 1. The number of carbonyl (C=O) groups excluding carboxylic acids is 1. The summed E-state index contributed by atoms with van der Waals surface area (Å²) in [7, 11) is 1.64. The Labute approximate surface area is 152 Å². The molecule has 1 N–H and O–H groups in total. The third-order valence-electron chi connectivity index (χ3n) is 4.85. The molecule has 1 aromatic heterocycles. The first-order chi connectivity index (χ1) is 12.6. The molecule has 1 unspecified atom stereocenters. The van der Waals surface area contributed by atoms with Gasteiger partial charge in [0.2, 0.25) is 0 Å². The highest BCUT2D eigenvalue weighted by Gasteiger charge is 2.42. The normalized spacial score (nSPS) is 19.0. The lowest BCUT2D eigenvalue weighted by Gasteiger charge is -2.46. The van der Waals surface area contributed by atoms with E-state index in [-0.39, 0.29) is 5.91 Å². The molecule has 0 radical (unpaired) electrons. The number of fused-ring (bicyclic) bond motifs is 1. The Morgan fingerprint density at radius 1 is 1.12 bits per heavy atom. The topological polar surface area (TPSA) is 54.7 Å². The highest BCUT2D eigenvalue weighted by molar-refractivity contribution is 6.02. The zero-order valence-corrected chi connectivity index (χ0v) is 14.7. The van der Waals surface area contributed by atoms with Crippen molar-refractivity contribution in [2.75, 3.05) is 12.4 Å². The van der Waals surface area contributed by atoms with E-state index in [9.17, 15) is 4.79 Å². The standard InChI is InChI=1S/C21H20N2O3/c1-21(15-7-5-8-16(13-15)25-2)22-19-11-4-3-10-18(19)20(24)23(21)14-17-9-6-12-26-17/h3-13,22H,14H2,1-2H3. The van der Waals surface area contributed by atoms with Crippen molar-refractivity contribution < 1.29 is 13.9 Å². The van der Waals surface area contributed by atoms with E-state index in [1.54, 1.807) is 18.3 Å². The summed E-state index contributed by atoms with van der Waals surface area (Å²) >= 11 is 0. The first kappa shape index (κ1) is 16.3. The fraction of sp³-hybridized carbons (Fsp3) is 0.190. The van der Waals surface area contributed by atoms with Crippen LogP contribution < -0.4 is 10.1 Å². The minimum Gasteiger partial charge on any atom is -0.497 e. The lowest BCUT2D eigenvalue weighted by atomic mass is 9.93. The fourth-order valence-electron chi connectivity index (χ4n) is 3.40. The van der Waals surface area contributed by atoms with Crippen molar-refractivity contribution in [1.82, 2.24) is 4.90 Å². The minimum absolute atomic E-state index is 0.0407. The second-order valence-corrected chi connectivity index (χ2v) is 6.45. The van der Waals surface area contributed by atoms with E-state index in [0.717, 1.165) is 22.8 Å². The molecule has 0 saturated heterocycles. The number of methoxy groups -OCH3 is 1. The van der Waals surface area contributed by atoms with Gasteiger partial charge < -0.3 is 19.4 Å². The van der Waals surface area contributed by atoms with Gasteiger partial charge in [0, 0.05) is 11.3 Å². The van der Waals surface area contributed by atoms with Crippen LogP contribution in [0.3, 0.4) is 0 Å². The number of carbonyl (C=O) groups is 1. The van der Waals surface area contributed by atoms with Gasteiger partial charge in [0.15, 0.2) is 0 Å². The number of hydrogen-bond acceptors (Lipinski definition) is 4. The number of nitrogens with one attached hydrogen (secondary N) is 1. The molecule has 4 rings (SSSR count). The molecule has 5 nitrogen and oxygen atoms in total. The Bertz CT molecular complexity index is 936. The van der Waals surface area contributed by atoms with Crippen molar-refractivity contribution in [3.05, 3.63) is 83.8 Å². The monoisotopic (exact) mass is 348 g/mol. The number of amides is 1. The summed E-state index contributed by atoms with van der Waals surface area (Å²) in [5.74, 6) is 1.43. The number of rotatable bonds is 4. The van der Waals surface area contributed by atoms with Crippen molar-refractivity contribution in [1.29, 1.82) is 0 Å². The van der Waals surface area contributed by atoms with Gasteiger partial charge >= 0.3 is 0 Å². The molecule has 0 spiro atoms. The Hall–Kier alpha value is -3.21. The van der Waals surface area contributed by atoms with Crippen LogP contribution in [-0.2, 0) is 12.2 Å². The van der Waals surface area contributed by atoms with Crippen LogP contribution >= 0.6 is 0 Å². The van der Waals surface area contributed by atoms with E-state index in [2.05, 4.69) is 5.32 Å². The van der Waals surface area contributed by atoms with Crippen molar-refractivity contribution in [2.24, 2.45) is 0 Å². The number of nitrogens with zero attached hydrogens (tertiary/aromatic N) is 1. The molecule has 0 bridgehead atoms. The van der Waals surface area contributed by atoms with Crippen molar-refractivity contribution >= 4 is 11.6 Å². The molecule has 132 valence electrons. The maximum absolute atomic E-state index is 13.3. The summed E-state index contributed by atoms with van der Waals surface area (Å²) in [4.78, 5) is 15.1. The van der Waals surface area contributed by atoms with Gasteiger partial charge in [-0.1, -0.05) is 24.3 Å². The lowest BCUT2D eigenvalue weighted by molar-refractivity contribution is 0.0486. The zero-order chi connectivity index (χ0) is 18.1. The molecule has 3 aromatic rings. The van der Waals surface area contributed by atoms with E-state index >= 15 is 0 Å². The van der Waals surface area contributed by atoms with E-state index in [1.165, 1.54) is 0 Å². The predicted octanol–water partition coefficient (Wildman–Crippen LogP) is 4.23. The van der Waals surface area contributed by atoms with Crippen molar-refractivity contribution in [3.63, 3.8) is 0 Å². The predicted molar refractivity (Wildman–Crippen MR) is 99.0 cm³/mol. The summed E-state index contributed by atoms with van der Waals surface area (Å²) in [5, 5.41) is 3.54. The molecule has 1 aliphatic heterocycles. The van der Waals surface area contributed by atoms with Crippen LogP contribution in [0.15, 0.2) is 71.3 Å². The zero-order valence-electron chi connectivity index (χ0n) is 14.7. The quantitative estimate of drug-likeness (QED) is 0.767. The van der Waals surface area contributed by atoms with Crippen LogP contribution in [0.1, 0.15) is 28.6 Å². The van der Waals surface area contributed by atoms with Crippen LogP contribution in [-0.4, -0.2) is 17.9 Å². The average Bonchev–Trinajstić information content (AvgIpc) is 3.18. The summed E-state index contributed by atoms with van der Waals surface area (Å²) in [6.45, 7) is 2.36. The van der Waals surface area contributed by atoms with Gasteiger partial charge in [-0.15, -0.1) is 0 Å². The first-order valence-corrected chi connectivity index (χ1v) is 8.48. The molecule has 2 heterocycles. The molecule has 1 aliphatic rings. The smallest absolute Gasteiger partial charge is 0.258 e.